The molecule has 4 heteroatoms. The van der Waals surface area contributed by atoms with E-state index in [-0.39, 0.29) is 11.5 Å². The average Bonchev–Trinajstić information content (AvgIpc) is 3.18. The summed E-state index contributed by atoms with van der Waals surface area (Å²) in [5.41, 5.74) is 20.5. The summed E-state index contributed by atoms with van der Waals surface area (Å²) in [5, 5.41) is 4.44. The number of nitrogens with two attached hydrogens (primary N) is 2. The Morgan fingerprint density at radius 1 is 0.846 bits per heavy atom. The Morgan fingerprint density at radius 2 is 1.42 bits per heavy atom. The van der Waals surface area contributed by atoms with Gasteiger partial charge in [-0.25, -0.2) is 0 Å². The third-order valence-electron chi connectivity index (χ3n) is 6.06. The molecule has 1 atom stereocenters. The molecule has 0 radical (unpaired) electrons. The molecule has 132 valence electrons. The van der Waals surface area contributed by atoms with E-state index in [1.807, 2.05) is 12.1 Å². The molecule has 1 aromatic heterocycles. The second kappa shape index (κ2) is 4.90. The van der Waals surface area contributed by atoms with E-state index in [0.29, 0.717) is 0 Å². The Kier molecular flexibility index (Phi) is 3.00. The van der Waals surface area contributed by atoms with Crippen LogP contribution in [-0.4, -0.2) is 0 Å². The molecule has 2 heterocycles. The SMILES string of the molecule is CC1OC2(c3cscc31)c1ccc(N)cc1C(C)(C)c1cc(N)ccc12. The lowest BCUT2D eigenvalue weighted by Gasteiger charge is -2.45. The second-order valence-corrected chi connectivity index (χ2v) is 8.66. The summed E-state index contributed by atoms with van der Waals surface area (Å²) in [6, 6.07) is 12.5. The number of anilines is 2. The zero-order valence-corrected chi connectivity index (χ0v) is 16.0. The van der Waals surface area contributed by atoms with E-state index < -0.39 is 5.60 Å². The van der Waals surface area contributed by atoms with Gasteiger partial charge in [0.1, 0.15) is 5.60 Å². The van der Waals surface area contributed by atoms with Gasteiger partial charge in [-0.05, 0) is 69.8 Å². The number of ether oxygens (including phenoxy) is 1. The average molecular weight is 362 g/mol. The zero-order chi connectivity index (χ0) is 18.3. The lowest BCUT2D eigenvalue weighted by atomic mass is 9.62. The lowest BCUT2D eigenvalue weighted by Crippen LogP contribution is -2.41. The van der Waals surface area contributed by atoms with E-state index in [1.165, 1.54) is 33.4 Å². The van der Waals surface area contributed by atoms with Crippen LogP contribution in [0, 0.1) is 0 Å². The normalized spacial score (nSPS) is 21.3. The van der Waals surface area contributed by atoms with Crippen molar-refractivity contribution in [3.8, 4) is 0 Å². The molecule has 3 nitrogen and oxygen atoms in total. The Bertz CT molecular complexity index is 995. The molecular formula is C22H22N2OS. The molecule has 0 saturated heterocycles. The van der Waals surface area contributed by atoms with Gasteiger partial charge in [-0.15, -0.1) is 0 Å². The molecule has 26 heavy (non-hydrogen) atoms. The summed E-state index contributed by atoms with van der Waals surface area (Å²) in [5.74, 6) is 0. The zero-order valence-electron chi connectivity index (χ0n) is 15.2. The lowest BCUT2D eigenvalue weighted by molar-refractivity contribution is -0.0169. The number of thiophene rings is 1. The van der Waals surface area contributed by atoms with Gasteiger partial charge in [-0.3, -0.25) is 0 Å². The quantitative estimate of drug-likeness (QED) is 0.557. The predicted octanol–water partition coefficient (Wildman–Crippen LogP) is 4.93. The van der Waals surface area contributed by atoms with Crippen LogP contribution in [0.4, 0.5) is 11.4 Å². The topological polar surface area (TPSA) is 61.3 Å². The van der Waals surface area contributed by atoms with E-state index in [0.717, 1.165) is 11.4 Å². The van der Waals surface area contributed by atoms with Crippen LogP contribution in [0.25, 0.3) is 0 Å². The minimum absolute atomic E-state index is 0.0493. The number of rotatable bonds is 0. The fourth-order valence-electron chi connectivity index (χ4n) is 4.78. The molecule has 1 aliphatic heterocycles. The molecule has 1 spiro atoms. The first-order chi connectivity index (χ1) is 12.4. The van der Waals surface area contributed by atoms with Gasteiger partial charge in [0.25, 0.3) is 0 Å². The van der Waals surface area contributed by atoms with Crippen molar-refractivity contribution >= 4 is 22.7 Å². The molecule has 4 N–H and O–H groups in total. The van der Waals surface area contributed by atoms with Crippen molar-refractivity contribution in [3.05, 3.63) is 80.5 Å². The first-order valence-electron chi connectivity index (χ1n) is 8.91. The van der Waals surface area contributed by atoms with Crippen LogP contribution < -0.4 is 11.5 Å². The molecule has 0 bridgehead atoms. The summed E-state index contributed by atoms with van der Waals surface area (Å²) in [4.78, 5) is 0. The fraction of sp³-hybridized carbons (Fsp3) is 0.273. The Labute approximate surface area is 157 Å². The van der Waals surface area contributed by atoms with E-state index in [4.69, 9.17) is 16.2 Å². The summed E-state index contributed by atoms with van der Waals surface area (Å²) in [6.45, 7) is 6.61. The van der Waals surface area contributed by atoms with Crippen LogP contribution in [0.2, 0.25) is 0 Å². The fourth-order valence-corrected chi connectivity index (χ4v) is 5.75. The van der Waals surface area contributed by atoms with Gasteiger partial charge in [-0.1, -0.05) is 26.0 Å². The second-order valence-electron chi connectivity index (χ2n) is 7.92. The van der Waals surface area contributed by atoms with Crippen LogP contribution in [-0.2, 0) is 15.8 Å². The molecule has 3 aromatic rings. The predicted molar refractivity (Wildman–Crippen MR) is 108 cm³/mol. The summed E-state index contributed by atoms with van der Waals surface area (Å²) >= 11 is 1.74. The van der Waals surface area contributed by atoms with Crippen molar-refractivity contribution in [2.75, 3.05) is 11.5 Å². The van der Waals surface area contributed by atoms with E-state index in [1.54, 1.807) is 11.3 Å². The van der Waals surface area contributed by atoms with Gasteiger partial charge in [0.05, 0.1) is 6.10 Å². The maximum atomic E-state index is 6.75. The summed E-state index contributed by atoms with van der Waals surface area (Å²) < 4.78 is 6.75. The van der Waals surface area contributed by atoms with Gasteiger partial charge < -0.3 is 16.2 Å². The Balaban J connectivity index is 1.95. The van der Waals surface area contributed by atoms with Gasteiger partial charge in [0.15, 0.2) is 0 Å². The van der Waals surface area contributed by atoms with Crippen molar-refractivity contribution < 1.29 is 4.74 Å². The van der Waals surface area contributed by atoms with E-state index in [9.17, 15) is 0 Å². The van der Waals surface area contributed by atoms with Gasteiger partial charge in [0, 0.05) is 22.4 Å². The molecule has 2 aromatic carbocycles. The van der Waals surface area contributed by atoms with Crippen molar-refractivity contribution in [2.24, 2.45) is 0 Å². The molecule has 0 fully saturated rings. The van der Waals surface area contributed by atoms with Gasteiger partial charge >= 0.3 is 0 Å². The van der Waals surface area contributed by atoms with Crippen LogP contribution in [0.1, 0.15) is 60.3 Å². The highest BCUT2D eigenvalue weighted by Crippen LogP contribution is 2.59. The molecule has 1 unspecified atom stereocenters. The molecule has 0 amide bonds. The summed E-state index contributed by atoms with van der Waals surface area (Å²) in [6.07, 6.45) is 0.0493. The van der Waals surface area contributed by atoms with Crippen molar-refractivity contribution in [1.29, 1.82) is 0 Å². The standard InChI is InChI=1S/C22H22N2OS/c1-12-15-10-26-11-20(15)22(25-12)16-6-4-13(23)8-18(16)21(2,3)19-9-14(24)5-7-17(19)22/h4-12H,23-24H2,1-3H3. The summed E-state index contributed by atoms with van der Waals surface area (Å²) in [7, 11) is 0. The van der Waals surface area contributed by atoms with Gasteiger partial charge in [-0.2, -0.15) is 11.3 Å². The molecule has 0 saturated carbocycles. The third kappa shape index (κ3) is 1.76. The van der Waals surface area contributed by atoms with Crippen molar-refractivity contribution in [1.82, 2.24) is 0 Å². The molecule has 5 rings (SSSR count). The van der Waals surface area contributed by atoms with Crippen molar-refractivity contribution in [3.63, 3.8) is 0 Å². The minimum Gasteiger partial charge on any atom is -0.399 e. The van der Waals surface area contributed by atoms with E-state index >= 15 is 0 Å². The number of hydrogen-bond donors (Lipinski definition) is 2. The number of hydrogen-bond acceptors (Lipinski definition) is 4. The third-order valence-corrected chi connectivity index (χ3v) is 6.82. The molecular weight excluding hydrogens is 340 g/mol. The largest absolute Gasteiger partial charge is 0.399 e. The minimum atomic E-state index is -0.587. The van der Waals surface area contributed by atoms with Crippen LogP contribution in [0.15, 0.2) is 47.2 Å². The highest BCUT2D eigenvalue weighted by atomic mass is 32.1. The first-order valence-corrected chi connectivity index (χ1v) is 9.85. The monoisotopic (exact) mass is 362 g/mol. The number of fused-ring (bicyclic) bond motifs is 6. The van der Waals surface area contributed by atoms with Gasteiger partial charge in [0.2, 0.25) is 0 Å². The van der Waals surface area contributed by atoms with E-state index in [2.05, 4.69) is 55.8 Å². The first kappa shape index (κ1) is 15.9. The Morgan fingerprint density at radius 3 is 2.00 bits per heavy atom. The maximum absolute atomic E-state index is 6.75. The highest BCUT2D eigenvalue weighted by molar-refractivity contribution is 7.08. The van der Waals surface area contributed by atoms with Crippen LogP contribution >= 0.6 is 11.3 Å². The molecule has 2 aliphatic rings. The number of benzene rings is 2. The molecule has 1 aliphatic carbocycles. The van der Waals surface area contributed by atoms with Crippen LogP contribution in [0.5, 0.6) is 0 Å². The van der Waals surface area contributed by atoms with Crippen molar-refractivity contribution in [2.45, 2.75) is 37.9 Å². The smallest absolute Gasteiger partial charge is 0.146 e. The van der Waals surface area contributed by atoms with Crippen LogP contribution in [0.3, 0.4) is 0 Å². The highest BCUT2D eigenvalue weighted by Gasteiger charge is 2.54. The number of nitrogen functional groups attached to an aromatic ring is 2. The maximum Gasteiger partial charge on any atom is 0.146 e. The Hall–Kier alpha value is -2.30.